The van der Waals surface area contributed by atoms with Crippen LogP contribution in [-0.4, -0.2) is 44.8 Å². The fourth-order valence-electron chi connectivity index (χ4n) is 1.80. The summed E-state index contributed by atoms with van der Waals surface area (Å²) >= 11 is 0. The van der Waals surface area contributed by atoms with Gasteiger partial charge in [-0.25, -0.2) is 4.31 Å². The minimum Gasteiger partial charge on any atom is -0.316 e. The first-order chi connectivity index (χ1) is 7.14. The van der Waals surface area contributed by atoms with E-state index in [9.17, 15) is 9.11 Å². The molecule has 5 heteroatoms. The molecule has 4 nitrogen and oxygen atoms in total. The molecule has 0 aromatic heterocycles. The Morgan fingerprint density at radius 2 is 1.80 bits per heavy atom. The van der Waals surface area contributed by atoms with E-state index in [1.807, 2.05) is 25.2 Å². The van der Waals surface area contributed by atoms with Gasteiger partial charge in [0.2, 0.25) is 0 Å². The highest BCUT2D eigenvalue weighted by Gasteiger charge is 2.42. The number of likely N-dealkylation sites (N-methyl/N-ethyl adjacent to an activating group) is 1. The third-order valence-corrected chi connectivity index (χ3v) is 5.37. The first-order valence-electron chi connectivity index (χ1n) is 5.84. The summed E-state index contributed by atoms with van der Waals surface area (Å²) in [6.07, 6.45) is 3.01. The molecule has 2 rings (SSSR count). The van der Waals surface area contributed by atoms with E-state index in [0.29, 0.717) is 6.04 Å². The molecule has 0 radical (unpaired) electrons. The monoisotopic (exact) mass is 236 g/mol. The van der Waals surface area contributed by atoms with Crippen LogP contribution < -0.4 is 5.32 Å². The average Bonchev–Trinajstić information content (AvgIpc) is 3.00. The fourth-order valence-corrected chi connectivity index (χ4v) is 3.77. The van der Waals surface area contributed by atoms with E-state index in [4.69, 9.17) is 0 Å². The molecule has 0 bridgehead atoms. The summed E-state index contributed by atoms with van der Waals surface area (Å²) in [4.78, 5) is 0. The van der Waals surface area contributed by atoms with Crippen molar-refractivity contribution in [3.05, 3.63) is 0 Å². The van der Waals surface area contributed by atoms with Gasteiger partial charge in [-0.1, -0.05) is 13.8 Å². The van der Waals surface area contributed by atoms with Crippen molar-refractivity contribution in [3.63, 3.8) is 0 Å². The number of hydrogen-bond donors (Lipinski definition) is 3. The largest absolute Gasteiger partial charge is 0.316 e. The lowest BCUT2D eigenvalue weighted by Crippen LogP contribution is -2.32. The topological polar surface area (TPSA) is 55.7 Å². The van der Waals surface area contributed by atoms with Crippen LogP contribution in [-0.2, 0) is 0 Å². The zero-order chi connectivity index (χ0) is 11.5. The average molecular weight is 236 g/mol. The van der Waals surface area contributed by atoms with Gasteiger partial charge in [0.15, 0.2) is 0 Å². The Bertz CT molecular complexity index is 198. The molecule has 1 atom stereocenters. The minimum atomic E-state index is -2.42. The molecule has 1 saturated heterocycles. The Hall–Kier alpha value is 0.190. The summed E-state index contributed by atoms with van der Waals surface area (Å²) in [5.74, 6) is 0. The van der Waals surface area contributed by atoms with Crippen molar-refractivity contribution in [2.75, 3.05) is 20.1 Å². The molecule has 0 aromatic carbocycles. The minimum absolute atomic E-state index is 0.170. The Morgan fingerprint density at radius 3 is 2.20 bits per heavy atom. The van der Waals surface area contributed by atoms with Crippen molar-refractivity contribution in [1.82, 2.24) is 9.62 Å². The highest BCUT2D eigenvalue weighted by Crippen LogP contribution is 2.58. The summed E-state index contributed by atoms with van der Waals surface area (Å²) in [5.41, 5.74) is 0. The summed E-state index contributed by atoms with van der Waals surface area (Å²) in [5, 5.41) is 3.34. The molecule has 92 valence electrons. The van der Waals surface area contributed by atoms with Crippen LogP contribution in [0.5, 0.6) is 0 Å². The van der Waals surface area contributed by atoms with Crippen LogP contribution in [0.25, 0.3) is 0 Å². The van der Waals surface area contributed by atoms with E-state index in [0.717, 1.165) is 32.4 Å². The molecule has 1 saturated carbocycles. The summed E-state index contributed by atoms with van der Waals surface area (Å²) in [7, 11) is -0.488. The van der Waals surface area contributed by atoms with E-state index in [1.165, 1.54) is 0 Å². The van der Waals surface area contributed by atoms with Crippen molar-refractivity contribution in [3.8, 4) is 0 Å². The first kappa shape index (κ1) is 13.3. The maximum atomic E-state index is 9.90. The van der Waals surface area contributed by atoms with E-state index in [2.05, 4.69) is 5.32 Å². The summed E-state index contributed by atoms with van der Waals surface area (Å²) < 4.78 is 21.7. The van der Waals surface area contributed by atoms with Gasteiger partial charge in [-0.2, -0.15) is 0 Å². The quantitative estimate of drug-likeness (QED) is 0.702. The van der Waals surface area contributed by atoms with Gasteiger partial charge in [0.1, 0.15) is 0 Å². The molecule has 2 fully saturated rings. The molecule has 0 aromatic rings. The van der Waals surface area contributed by atoms with Crippen molar-refractivity contribution in [2.24, 2.45) is 0 Å². The Balaban J connectivity index is 0.000000531. The van der Waals surface area contributed by atoms with Crippen molar-refractivity contribution < 1.29 is 9.11 Å². The molecule has 0 spiro atoms. The zero-order valence-electron chi connectivity index (χ0n) is 9.94. The Labute approximate surface area is 94.5 Å². The van der Waals surface area contributed by atoms with Crippen LogP contribution in [0.2, 0.25) is 0 Å². The third-order valence-electron chi connectivity index (χ3n) is 2.91. The highest BCUT2D eigenvalue weighted by molar-refractivity contribution is 8.23. The van der Waals surface area contributed by atoms with E-state index in [-0.39, 0.29) is 5.25 Å². The number of rotatable bonds is 3. The number of nitrogens with zero attached hydrogens (tertiary/aromatic N) is 1. The SMILES string of the molecule is CC.CNC1CCN(S(O)(O)C2CC2)C1. The summed E-state index contributed by atoms with van der Waals surface area (Å²) in [6.45, 7) is 5.61. The molecule has 2 aliphatic rings. The standard InChI is InChI=1S/C8H18N2O2S.C2H6/c1-9-7-4-5-10(6-7)13(11,12)8-2-3-8;1-2/h7-9,11-12H,2-6H2,1H3;1-2H3. The van der Waals surface area contributed by atoms with Crippen LogP contribution >= 0.6 is 10.8 Å². The molecule has 3 N–H and O–H groups in total. The third kappa shape index (κ3) is 3.07. The van der Waals surface area contributed by atoms with Gasteiger partial charge in [-0.3, -0.25) is 9.11 Å². The van der Waals surface area contributed by atoms with Crippen LogP contribution in [0.1, 0.15) is 33.1 Å². The normalized spacial score (nSPS) is 28.5. The van der Waals surface area contributed by atoms with E-state index in [1.54, 1.807) is 0 Å². The van der Waals surface area contributed by atoms with Gasteiger partial charge in [0, 0.05) is 19.1 Å². The lowest BCUT2D eigenvalue weighted by molar-refractivity contribution is 0.379. The summed E-state index contributed by atoms with van der Waals surface area (Å²) in [6, 6.07) is 0.435. The Kier molecular flexibility index (Phi) is 4.86. The molecule has 1 aliphatic carbocycles. The highest BCUT2D eigenvalue weighted by atomic mass is 32.3. The van der Waals surface area contributed by atoms with E-state index < -0.39 is 10.8 Å². The molecule has 1 aliphatic heterocycles. The lowest BCUT2D eigenvalue weighted by atomic mass is 10.3. The smallest absolute Gasteiger partial charge is 0.0642 e. The van der Waals surface area contributed by atoms with Crippen LogP contribution in [0.4, 0.5) is 0 Å². The Morgan fingerprint density at radius 1 is 1.20 bits per heavy atom. The van der Waals surface area contributed by atoms with Gasteiger partial charge in [0.25, 0.3) is 0 Å². The fraction of sp³-hybridized carbons (Fsp3) is 1.00. The van der Waals surface area contributed by atoms with Crippen LogP contribution in [0, 0.1) is 0 Å². The van der Waals surface area contributed by atoms with Gasteiger partial charge >= 0.3 is 0 Å². The van der Waals surface area contributed by atoms with Gasteiger partial charge < -0.3 is 5.32 Å². The van der Waals surface area contributed by atoms with Crippen LogP contribution in [0.15, 0.2) is 0 Å². The molecular weight excluding hydrogens is 212 g/mol. The lowest BCUT2D eigenvalue weighted by Gasteiger charge is -2.41. The predicted molar refractivity (Wildman–Crippen MR) is 66.3 cm³/mol. The van der Waals surface area contributed by atoms with Crippen molar-refractivity contribution in [1.29, 1.82) is 0 Å². The zero-order valence-corrected chi connectivity index (χ0v) is 10.8. The first-order valence-corrected chi connectivity index (χ1v) is 7.40. The molecular formula is C10H24N2O2S. The van der Waals surface area contributed by atoms with Gasteiger partial charge in [-0.15, -0.1) is 10.8 Å². The molecule has 0 amide bonds. The van der Waals surface area contributed by atoms with Crippen molar-refractivity contribution >= 4 is 10.8 Å². The maximum Gasteiger partial charge on any atom is 0.0642 e. The van der Waals surface area contributed by atoms with Gasteiger partial charge in [-0.05, 0) is 26.3 Å². The molecule has 1 heterocycles. The second-order valence-electron chi connectivity index (χ2n) is 3.92. The van der Waals surface area contributed by atoms with Crippen LogP contribution in [0.3, 0.4) is 0 Å². The number of hydrogen-bond acceptors (Lipinski definition) is 4. The second-order valence-corrected chi connectivity index (χ2v) is 6.23. The van der Waals surface area contributed by atoms with Gasteiger partial charge in [0.05, 0.1) is 5.25 Å². The number of nitrogens with one attached hydrogen (secondary N) is 1. The molecule has 1 unspecified atom stereocenters. The van der Waals surface area contributed by atoms with Crippen molar-refractivity contribution in [2.45, 2.75) is 44.4 Å². The molecule has 15 heavy (non-hydrogen) atoms. The maximum absolute atomic E-state index is 9.90. The predicted octanol–water partition coefficient (Wildman–Crippen LogP) is 2.13. The second kappa shape index (κ2) is 5.50. The van der Waals surface area contributed by atoms with E-state index >= 15 is 0 Å².